The molecule has 166 valence electrons. The van der Waals surface area contributed by atoms with Crippen molar-refractivity contribution >= 4 is 31.7 Å². The van der Waals surface area contributed by atoms with Gasteiger partial charge in [0.25, 0.3) is 5.91 Å². The molecule has 0 bridgehead atoms. The molecule has 0 aromatic heterocycles. The Morgan fingerprint density at radius 1 is 0.806 bits per heavy atom. The van der Waals surface area contributed by atoms with Crippen molar-refractivity contribution in [2.24, 2.45) is 0 Å². The van der Waals surface area contributed by atoms with E-state index in [2.05, 4.69) is 10.9 Å². The van der Waals surface area contributed by atoms with Gasteiger partial charge in [0.05, 0.1) is 15.5 Å². The van der Waals surface area contributed by atoms with Gasteiger partial charge in [0.1, 0.15) is 0 Å². The summed E-state index contributed by atoms with van der Waals surface area (Å²) >= 11 is 0. The normalized spacial score (nSPS) is 14.8. The number of benzene rings is 2. The maximum absolute atomic E-state index is 12.5. The third-order valence-corrected chi connectivity index (χ3v) is 8.48. The highest BCUT2D eigenvalue weighted by Gasteiger charge is 2.27. The zero-order valence-corrected chi connectivity index (χ0v) is 18.3. The molecule has 1 aliphatic rings. The zero-order chi connectivity index (χ0) is 22.5. The van der Waals surface area contributed by atoms with Crippen LogP contribution in [-0.4, -0.2) is 51.8 Å². The molecule has 1 saturated heterocycles. The number of hydrazine groups is 1. The summed E-state index contributed by atoms with van der Waals surface area (Å²) in [6.07, 6.45) is 1.32. The molecule has 0 aliphatic carbocycles. The van der Waals surface area contributed by atoms with E-state index in [1.54, 1.807) is 18.2 Å². The Bertz CT molecular complexity index is 1140. The molecule has 0 unspecified atom stereocenters. The van der Waals surface area contributed by atoms with Crippen molar-refractivity contribution in [1.29, 1.82) is 0 Å². The summed E-state index contributed by atoms with van der Waals surface area (Å²) in [6, 6.07) is 13.2. The van der Waals surface area contributed by atoms with Gasteiger partial charge in [0.2, 0.25) is 15.9 Å². The molecule has 0 spiro atoms. The molecule has 1 heterocycles. The van der Waals surface area contributed by atoms with Crippen LogP contribution in [0, 0.1) is 0 Å². The van der Waals surface area contributed by atoms with Gasteiger partial charge < -0.3 is 0 Å². The van der Waals surface area contributed by atoms with Crippen molar-refractivity contribution in [3.63, 3.8) is 0 Å². The van der Waals surface area contributed by atoms with Crippen LogP contribution in [0.15, 0.2) is 64.4 Å². The first-order chi connectivity index (χ1) is 14.7. The molecule has 1 fully saturated rings. The molecule has 1 aliphatic heterocycles. The Hall–Kier alpha value is -2.76. The minimum atomic E-state index is -3.61. The molecule has 9 nitrogen and oxygen atoms in total. The molecule has 2 amide bonds. The maximum atomic E-state index is 12.5. The summed E-state index contributed by atoms with van der Waals surface area (Å²) in [5, 5.41) is 0. The van der Waals surface area contributed by atoms with Crippen LogP contribution >= 0.6 is 0 Å². The number of sulfone groups is 1. The second-order valence-corrected chi connectivity index (χ2v) is 11.1. The summed E-state index contributed by atoms with van der Waals surface area (Å²) in [5.41, 5.74) is 4.51. The van der Waals surface area contributed by atoms with Gasteiger partial charge in [0, 0.05) is 25.1 Å². The molecular weight excluding hydrogens is 442 g/mol. The van der Waals surface area contributed by atoms with E-state index in [0.717, 1.165) is 12.8 Å². The third-order valence-electron chi connectivity index (χ3n) is 4.83. The second-order valence-electron chi connectivity index (χ2n) is 7.02. The summed E-state index contributed by atoms with van der Waals surface area (Å²) < 4.78 is 50.8. The molecule has 0 saturated carbocycles. The predicted molar refractivity (Wildman–Crippen MR) is 113 cm³/mol. The standard InChI is InChI=1S/C20H23N3O6S2/c24-19(12-15-30(26,27)17-6-2-1-3-7-17)21-22-20(25)16-8-10-18(11-9-16)31(28,29)23-13-4-5-14-23/h1-3,6-11H,4-5,12-15H2,(H,21,24)(H,22,25). The summed E-state index contributed by atoms with van der Waals surface area (Å²) in [7, 11) is -7.18. The fourth-order valence-corrected chi connectivity index (χ4v) is 5.87. The Kier molecular flexibility index (Phi) is 7.08. The number of nitrogens with zero attached hydrogens (tertiary/aromatic N) is 1. The fraction of sp³-hybridized carbons (Fsp3) is 0.300. The van der Waals surface area contributed by atoms with Crippen LogP contribution in [0.2, 0.25) is 0 Å². The molecule has 0 radical (unpaired) electrons. The molecule has 2 aromatic rings. The van der Waals surface area contributed by atoms with Crippen molar-refractivity contribution in [1.82, 2.24) is 15.2 Å². The quantitative estimate of drug-likeness (QED) is 0.589. The number of carbonyl (C=O) groups is 2. The number of hydrogen-bond acceptors (Lipinski definition) is 6. The lowest BCUT2D eigenvalue weighted by atomic mass is 10.2. The van der Waals surface area contributed by atoms with Crippen LogP contribution in [0.5, 0.6) is 0 Å². The monoisotopic (exact) mass is 465 g/mol. The Morgan fingerprint density at radius 3 is 2.03 bits per heavy atom. The predicted octanol–water partition coefficient (Wildman–Crippen LogP) is 1.10. The lowest BCUT2D eigenvalue weighted by Gasteiger charge is -2.15. The van der Waals surface area contributed by atoms with E-state index in [1.165, 1.54) is 40.7 Å². The van der Waals surface area contributed by atoms with Crippen LogP contribution in [-0.2, 0) is 24.7 Å². The fourth-order valence-electron chi connectivity index (χ4n) is 3.09. The maximum Gasteiger partial charge on any atom is 0.269 e. The second kappa shape index (κ2) is 9.58. The van der Waals surface area contributed by atoms with Crippen molar-refractivity contribution < 1.29 is 26.4 Å². The highest BCUT2D eigenvalue weighted by molar-refractivity contribution is 7.91. The van der Waals surface area contributed by atoms with Crippen LogP contribution in [0.4, 0.5) is 0 Å². The number of nitrogens with one attached hydrogen (secondary N) is 2. The van der Waals surface area contributed by atoms with Crippen molar-refractivity contribution in [3.8, 4) is 0 Å². The van der Waals surface area contributed by atoms with Crippen molar-refractivity contribution in [2.45, 2.75) is 29.1 Å². The lowest BCUT2D eigenvalue weighted by Crippen LogP contribution is -2.42. The van der Waals surface area contributed by atoms with Gasteiger partial charge in [0.15, 0.2) is 9.84 Å². The van der Waals surface area contributed by atoms with Crippen LogP contribution in [0.1, 0.15) is 29.6 Å². The molecule has 3 rings (SSSR count). The van der Waals surface area contributed by atoms with Crippen LogP contribution < -0.4 is 10.9 Å². The van der Waals surface area contributed by atoms with E-state index in [0.29, 0.717) is 13.1 Å². The minimum Gasteiger partial charge on any atom is -0.273 e. The Morgan fingerprint density at radius 2 is 1.42 bits per heavy atom. The Labute approximate surface area is 181 Å². The van der Waals surface area contributed by atoms with Gasteiger partial charge in [-0.1, -0.05) is 18.2 Å². The molecule has 2 N–H and O–H groups in total. The van der Waals surface area contributed by atoms with Gasteiger partial charge in [-0.05, 0) is 49.2 Å². The molecule has 2 aromatic carbocycles. The first-order valence-electron chi connectivity index (χ1n) is 9.67. The molecule has 31 heavy (non-hydrogen) atoms. The average Bonchev–Trinajstić information content (AvgIpc) is 3.33. The van der Waals surface area contributed by atoms with Gasteiger partial charge >= 0.3 is 0 Å². The summed E-state index contributed by atoms with van der Waals surface area (Å²) in [4.78, 5) is 24.3. The average molecular weight is 466 g/mol. The summed E-state index contributed by atoms with van der Waals surface area (Å²) in [6.45, 7) is 0.965. The molecule has 0 atom stereocenters. The summed E-state index contributed by atoms with van der Waals surface area (Å²) in [5.74, 6) is -1.72. The molecule has 11 heteroatoms. The van der Waals surface area contributed by atoms with E-state index < -0.39 is 37.4 Å². The SMILES string of the molecule is O=C(CCS(=O)(=O)c1ccccc1)NNC(=O)c1ccc(S(=O)(=O)N2CCCC2)cc1. The van der Waals surface area contributed by atoms with E-state index in [1.807, 2.05) is 0 Å². The first kappa shape index (κ1) is 22.9. The van der Waals surface area contributed by atoms with E-state index in [4.69, 9.17) is 0 Å². The number of sulfonamides is 1. The van der Waals surface area contributed by atoms with Gasteiger partial charge in [-0.25, -0.2) is 16.8 Å². The van der Waals surface area contributed by atoms with Crippen LogP contribution in [0.25, 0.3) is 0 Å². The first-order valence-corrected chi connectivity index (χ1v) is 12.8. The highest BCUT2D eigenvalue weighted by atomic mass is 32.2. The number of carbonyl (C=O) groups excluding carboxylic acids is 2. The van der Waals surface area contributed by atoms with E-state index in [9.17, 15) is 26.4 Å². The van der Waals surface area contributed by atoms with E-state index in [-0.39, 0.29) is 21.8 Å². The van der Waals surface area contributed by atoms with Gasteiger partial charge in [-0.3, -0.25) is 20.4 Å². The number of amides is 2. The lowest BCUT2D eigenvalue weighted by molar-refractivity contribution is -0.121. The number of rotatable bonds is 7. The van der Waals surface area contributed by atoms with Crippen LogP contribution in [0.3, 0.4) is 0 Å². The van der Waals surface area contributed by atoms with E-state index >= 15 is 0 Å². The highest BCUT2D eigenvalue weighted by Crippen LogP contribution is 2.21. The van der Waals surface area contributed by atoms with Gasteiger partial charge in [-0.2, -0.15) is 4.31 Å². The Balaban J connectivity index is 1.52. The largest absolute Gasteiger partial charge is 0.273 e. The number of hydrogen-bond donors (Lipinski definition) is 2. The topological polar surface area (TPSA) is 130 Å². The minimum absolute atomic E-state index is 0.0982. The third kappa shape index (κ3) is 5.69. The molecular formula is C20H23N3O6S2. The van der Waals surface area contributed by atoms with Gasteiger partial charge in [-0.15, -0.1) is 0 Å². The van der Waals surface area contributed by atoms with Crippen molar-refractivity contribution in [3.05, 3.63) is 60.2 Å². The smallest absolute Gasteiger partial charge is 0.269 e. The zero-order valence-electron chi connectivity index (χ0n) is 16.7. The van der Waals surface area contributed by atoms with Crippen molar-refractivity contribution in [2.75, 3.05) is 18.8 Å².